The minimum Gasteiger partial charge on any atom is -0.338 e. The molecule has 1 amide bonds. The van der Waals surface area contributed by atoms with Crippen molar-refractivity contribution in [2.45, 2.75) is 63.8 Å². The van der Waals surface area contributed by atoms with Gasteiger partial charge in [-0.3, -0.25) is 4.79 Å². The van der Waals surface area contributed by atoms with Crippen molar-refractivity contribution in [3.63, 3.8) is 0 Å². The molecule has 1 aliphatic carbocycles. The highest BCUT2D eigenvalue weighted by Gasteiger charge is 2.36. The maximum atomic E-state index is 12.9. The van der Waals surface area contributed by atoms with E-state index in [0.717, 1.165) is 57.7 Å². The second kappa shape index (κ2) is 9.36. The number of piperidine rings is 1. The van der Waals surface area contributed by atoms with Gasteiger partial charge in [0.2, 0.25) is 15.9 Å². The Morgan fingerprint density at radius 3 is 2.46 bits per heavy atom. The highest BCUT2D eigenvalue weighted by atomic mass is 35.5. The monoisotopic (exact) mass is 381 g/mol. The van der Waals surface area contributed by atoms with E-state index in [2.05, 4.69) is 4.72 Å². The Kier molecular flexibility index (Phi) is 8.45. The second-order valence-electron chi connectivity index (χ2n) is 7.30. The van der Waals surface area contributed by atoms with E-state index < -0.39 is 10.0 Å². The molecule has 0 spiro atoms. The topological polar surface area (TPSA) is 92.5 Å². The van der Waals surface area contributed by atoms with E-state index in [4.69, 9.17) is 5.73 Å². The summed E-state index contributed by atoms with van der Waals surface area (Å²) in [6, 6.07) is -0.0237. The van der Waals surface area contributed by atoms with Gasteiger partial charge in [-0.1, -0.05) is 19.3 Å². The summed E-state index contributed by atoms with van der Waals surface area (Å²) in [7, 11) is -3.22. The van der Waals surface area contributed by atoms with Crippen molar-refractivity contribution in [3.8, 4) is 0 Å². The van der Waals surface area contributed by atoms with E-state index in [0.29, 0.717) is 19.5 Å². The van der Waals surface area contributed by atoms with Crippen LogP contribution in [0.25, 0.3) is 0 Å². The van der Waals surface area contributed by atoms with Crippen LogP contribution in [0, 0.1) is 5.41 Å². The lowest BCUT2D eigenvalue weighted by molar-refractivity contribution is -0.137. The van der Waals surface area contributed by atoms with E-state index in [-0.39, 0.29) is 29.8 Å². The number of nitrogens with two attached hydrogens (primary N) is 1. The molecule has 0 aromatic rings. The minimum absolute atomic E-state index is 0. The minimum atomic E-state index is -3.22. The van der Waals surface area contributed by atoms with Crippen LogP contribution in [0.15, 0.2) is 0 Å². The molecule has 8 heteroatoms. The molecule has 1 saturated heterocycles. The first-order valence-corrected chi connectivity index (χ1v) is 10.7. The van der Waals surface area contributed by atoms with E-state index in [1.165, 1.54) is 6.42 Å². The van der Waals surface area contributed by atoms with Gasteiger partial charge in [0.1, 0.15) is 0 Å². The van der Waals surface area contributed by atoms with Crippen LogP contribution < -0.4 is 10.5 Å². The highest BCUT2D eigenvalue weighted by molar-refractivity contribution is 7.88. The summed E-state index contributed by atoms with van der Waals surface area (Å²) >= 11 is 0. The fourth-order valence-corrected chi connectivity index (χ4v) is 4.46. The molecule has 1 atom stereocenters. The Labute approximate surface area is 152 Å². The number of carbonyl (C=O) groups excluding carboxylic acids is 1. The van der Waals surface area contributed by atoms with Gasteiger partial charge in [-0.15, -0.1) is 12.4 Å². The summed E-state index contributed by atoms with van der Waals surface area (Å²) in [6.07, 6.45) is 10.2. The van der Waals surface area contributed by atoms with Crippen LogP contribution in [0.5, 0.6) is 0 Å². The average molecular weight is 382 g/mol. The number of hydrogen-bond acceptors (Lipinski definition) is 4. The predicted molar refractivity (Wildman–Crippen MR) is 98.6 cm³/mol. The molecule has 3 N–H and O–H groups in total. The van der Waals surface area contributed by atoms with Crippen molar-refractivity contribution in [2.75, 3.05) is 25.9 Å². The van der Waals surface area contributed by atoms with Crippen molar-refractivity contribution in [3.05, 3.63) is 0 Å². The van der Waals surface area contributed by atoms with E-state index in [1.54, 1.807) is 0 Å². The van der Waals surface area contributed by atoms with Crippen LogP contribution in [-0.4, -0.2) is 51.2 Å². The van der Waals surface area contributed by atoms with Crippen molar-refractivity contribution >= 4 is 28.3 Å². The zero-order chi connectivity index (χ0) is 16.9. The van der Waals surface area contributed by atoms with Gasteiger partial charge in [0.15, 0.2) is 0 Å². The van der Waals surface area contributed by atoms with Gasteiger partial charge in [0.05, 0.1) is 6.26 Å². The second-order valence-corrected chi connectivity index (χ2v) is 9.13. The molecule has 2 fully saturated rings. The van der Waals surface area contributed by atoms with E-state index >= 15 is 0 Å². The Balaban J connectivity index is 0.00000288. The standard InChI is InChI=1S/C16H31N3O3S.ClH/c1-23(21,22)18-12-14-7-3-6-10-19(14)15(20)11-16(13-17)8-4-2-5-9-16;/h14,18H,2-13,17H2,1H3;1H. The molecular weight excluding hydrogens is 350 g/mol. The largest absolute Gasteiger partial charge is 0.338 e. The summed E-state index contributed by atoms with van der Waals surface area (Å²) in [4.78, 5) is 14.8. The van der Waals surface area contributed by atoms with Gasteiger partial charge in [0, 0.05) is 25.6 Å². The SMILES string of the molecule is CS(=O)(=O)NCC1CCCCN1C(=O)CC1(CN)CCCCC1.Cl. The molecule has 0 aromatic carbocycles. The summed E-state index contributed by atoms with van der Waals surface area (Å²) in [5, 5.41) is 0. The third-order valence-electron chi connectivity index (χ3n) is 5.40. The van der Waals surface area contributed by atoms with Gasteiger partial charge in [-0.2, -0.15) is 0 Å². The number of carbonyl (C=O) groups is 1. The number of hydrogen-bond donors (Lipinski definition) is 2. The van der Waals surface area contributed by atoms with Gasteiger partial charge in [0.25, 0.3) is 0 Å². The molecule has 2 rings (SSSR count). The fourth-order valence-electron chi connectivity index (χ4n) is 3.97. The molecule has 142 valence electrons. The lowest BCUT2D eigenvalue weighted by Gasteiger charge is -2.41. The lowest BCUT2D eigenvalue weighted by Crippen LogP contribution is -2.51. The van der Waals surface area contributed by atoms with Crippen LogP contribution in [0.1, 0.15) is 57.8 Å². The number of amides is 1. The molecule has 0 aromatic heterocycles. The molecule has 1 unspecified atom stereocenters. The zero-order valence-corrected chi connectivity index (χ0v) is 16.3. The maximum absolute atomic E-state index is 12.9. The molecule has 0 radical (unpaired) electrons. The Morgan fingerprint density at radius 2 is 1.88 bits per heavy atom. The quantitative estimate of drug-likeness (QED) is 0.731. The fraction of sp³-hybridized carbons (Fsp3) is 0.938. The van der Waals surface area contributed by atoms with E-state index in [9.17, 15) is 13.2 Å². The van der Waals surface area contributed by atoms with Crippen molar-refractivity contribution in [1.29, 1.82) is 0 Å². The molecule has 6 nitrogen and oxygen atoms in total. The Bertz CT molecular complexity index is 507. The first-order chi connectivity index (χ1) is 10.9. The van der Waals surface area contributed by atoms with Gasteiger partial charge in [-0.05, 0) is 44.1 Å². The van der Waals surface area contributed by atoms with Gasteiger partial charge < -0.3 is 10.6 Å². The van der Waals surface area contributed by atoms with Crippen molar-refractivity contribution in [1.82, 2.24) is 9.62 Å². The third-order valence-corrected chi connectivity index (χ3v) is 6.09. The van der Waals surface area contributed by atoms with Crippen LogP contribution in [-0.2, 0) is 14.8 Å². The molecule has 2 aliphatic rings. The number of likely N-dealkylation sites (tertiary alicyclic amines) is 1. The third kappa shape index (κ3) is 6.17. The number of nitrogens with zero attached hydrogens (tertiary/aromatic N) is 1. The summed E-state index contributed by atoms with van der Waals surface area (Å²) in [6.45, 7) is 1.62. The Hall–Kier alpha value is -0.370. The number of halogens is 1. The van der Waals surface area contributed by atoms with Crippen LogP contribution >= 0.6 is 12.4 Å². The molecule has 1 heterocycles. The van der Waals surface area contributed by atoms with Crippen LogP contribution in [0.4, 0.5) is 0 Å². The van der Waals surface area contributed by atoms with E-state index in [1.807, 2.05) is 4.90 Å². The van der Waals surface area contributed by atoms with Crippen molar-refractivity contribution in [2.24, 2.45) is 11.1 Å². The predicted octanol–water partition coefficient (Wildman–Crippen LogP) is 1.64. The number of sulfonamides is 1. The molecule has 1 aliphatic heterocycles. The van der Waals surface area contributed by atoms with Crippen LogP contribution in [0.3, 0.4) is 0 Å². The number of nitrogens with one attached hydrogen (secondary N) is 1. The first-order valence-electron chi connectivity index (χ1n) is 8.79. The molecule has 1 saturated carbocycles. The first kappa shape index (κ1) is 21.7. The molecular formula is C16H32ClN3O3S. The summed E-state index contributed by atoms with van der Waals surface area (Å²) < 4.78 is 25.2. The summed E-state index contributed by atoms with van der Waals surface area (Å²) in [5.41, 5.74) is 5.96. The number of rotatable bonds is 6. The molecule has 24 heavy (non-hydrogen) atoms. The molecule has 0 bridgehead atoms. The summed E-state index contributed by atoms with van der Waals surface area (Å²) in [5.74, 6) is 0.150. The van der Waals surface area contributed by atoms with Crippen molar-refractivity contribution < 1.29 is 13.2 Å². The smallest absolute Gasteiger partial charge is 0.223 e. The lowest BCUT2D eigenvalue weighted by atomic mass is 9.71. The highest BCUT2D eigenvalue weighted by Crippen LogP contribution is 2.39. The normalized spacial score (nSPS) is 24.2. The van der Waals surface area contributed by atoms with Crippen LogP contribution in [0.2, 0.25) is 0 Å². The van der Waals surface area contributed by atoms with Gasteiger partial charge in [-0.25, -0.2) is 13.1 Å². The van der Waals surface area contributed by atoms with Gasteiger partial charge >= 0.3 is 0 Å². The Morgan fingerprint density at radius 1 is 1.21 bits per heavy atom. The average Bonchev–Trinajstić information content (AvgIpc) is 2.53. The zero-order valence-electron chi connectivity index (χ0n) is 14.6. The maximum Gasteiger partial charge on any atom is 0.223 e.